The van der Waals surface area contributed by atoms with Crippen molar-refractivity contribution in [1.29, 1.82) is 0 Å². The second-order valence-corrected chi connectivity index (χ2v) is 5.92. The lowest BCUT2D eigenvalue weighted by atomic mass is 10.0. The molecule has 0 radical (unpaired) electrons. The van der Waals surface area contributed by atoms with E-state index in [1.807, 2.05) is 6.92 Å². The van der Waals surface area contributed by atoms with E-state index >= 15 is 0 Å². The van der Waals surface area contributed by atoms with Crippen molar-refractivity contribution in [3.63, 3.8) is 0 Å². The number of rotatable bonds is 5. The Labute approximate surface area is 92.2 Å². The fourth-order valence-electron chi connectivity index (χ4n) is 0.868. The molecule has 0 spiro atoms. The van der Waals surface area contributed by atoms with E-state index in [0.717, 1.165) is 12.2 Å². The summed E-state index contributed by atoms with van der Waals surface area (Å²) in [5, 5.41) is 2.96. The van der Waals surface area contributed by atoms with Gasteiger partial charge in [-0.05, 0) is 24.5 Å². The average molecular weight is 217 g/mol. The number of hydrogen-bond donors (Lipinski definition) is 1. The van der Waals surface area contributed by atoms with Crippen LogP contribution in [0.15, 0.2) is 0 Å². The van der Waals surface area contributed by atoms with Crippen molar-refractivity contribution in [3.8, 4) is 0 Å². The van der Waals surface area contributed by atoms with E-state index in [1.54, 1.807) is 11.8 Å². The van der Waals surface area contributed by atoms with E-state index in [9.17, 15) is 4.79 Å². The van der Waals surface area contributed by atoms with E-state index < -0.39 is 0 Å². The van der Waals surface area contributed by atoms with E-state index in [1.165, 1.54) is 0 Å². The normalized spacial score (nSPS) is 13.8. The topological polar surface area (TPSA) is 29.1 Å². The molecule has 1 N–H and O–H groups in total. The fourth-order valence-corrected chi connectivity index (χ4v) is 1.85. The van der Waals surface area contributed by atoms with Crippen LogP contribution >= 0.6 is 11.8 Å². The van der Waals surface area contributed by atoms with Crippen molar-refractivity contribution in [2.24, 2.45) is 5.41 Å². The van der Waals surface area contributed by atoms with Gasteiger partial charge in [0.15, 0.2) is 0 Å². The number of amides is 1. The van der Waals surface area contributed by atoms with Gasteiger partial charge in [0.25, 0.3) is 0 Å². The molecular formula is C11H23NOS. The van der Waals surface area contributed by atoms with Gasteiger partial charge in [-0.25, -0.2) is 0 Å². The minimum absolute atomic E-state index is 0.161. The molecule has 0 aliphatic heterocycles. The maximum absolute atomic E-state index is 11.4. The molecule has 0 rings (SSSR count). The Balaban J connectivity index is 3.55. The Morgan fingerprint density at radius 1 is 1.43 bits per heavy atom. The number of thioether (sulfide) groups is 1. The molecule has 2 nitrogen and oxygen atoms in total. The van der Waals surface area contributed by atoms with Gasteiger partial charge in [-0.3, -0.25) is 4.79 Å². The van der Waals surface area contributed by atoms with Crippen molar-refractivity contribution >= 4 is 17.7 Å². The summed E-state index contributed by atoms with van der Waals surface area (Å²) < 4.78 is 0. The molecule has 0 bridgehead atoms. The largest absolute Gasteiger partial charge is 0.353 e. The van der Waals surface area contributed by atoms with Crippen LogP contribution in [0, 0.1) is 5.41 Å². The highest BCUT2D eigenvalue weighted by Crippen LogP contribution is 2.19. The molecule has 14 heavy (non-hydrogen) atoms. The van der Waals surface area contributed by atoms with E-state index in [2.05, 4.69) is 33.0 Å². The van der Waals surface area contributed by atoms with Gasteiger partial charge in [-0.15, -0.1) is 0 Å². The Morgan fingerprint density at radius 3 is 2.43 bits per heavy atom. The zero-order valence-corrected chi connectivity index (χ0v) is 10.8. The standard InChI is InChI=1S/C11H23NOS/c1-6-9(2)12-10(13)7-14-8-11(3,4)5/h9H,6-8H2,1-5H3,(H,12,13)/t9-/m0/s1. The predicted molar refractivity (Wildman–Crippen MR) is 64.7 cm³/mol. The van der Waals surface area contributed by atoms with Crippen LogP contribution in [0.4, 0.5) is 0 Å². The molecular weight excluding hydrogens is 194 g/mol. The highest BCUT2D eigenvalue weighted by atomic mass is 32.2. The quantitative estimate of drug-likeness (QED) is 0.767. The van der Waals surface area contributed by atoms with Gasteiger partial charge in [-0.1, -0.05) is 27.7 Å². The monoisotopic (exact) mass is 217 g/mol. The second-order valence-electron chi connectivity index (χ2n) is 4.93. The molecule has 0 aliphatic rings. The third-order valence-corrected chi connectivity index (χ3v) is 3.32. The molecule has 0 unspecified atom stereocenters. The SMILES string of the molecule is CC[C@H](C)NC(=O)CSCC(C)(C)C. The summed E-state index contributed by atoms with van der Waals surface area (Å²) in [5.74, 6) is 1.77. The molecule has 0 heterocycles. The zero-order chi connectivity index (χ0) is 11.2. The van der Waals surface area contributed by atoms with Crippen LogP contribution in [0.25, 0.3) is 0 Å². The summed E-state index contributed by atoms with van der Waals surface area (Å²) in [7, 11) is 0. The van der Waals surface area contributed by atoms with Crippen molar-refractivity contribution in [2.75, 3.05) is 11.5 Å². The molecule has 0 aromatic rings. The first-order chi connectivity index (χ1) is 6.35. The van der Waals surface area contributed by atoms with Crippen LogP contribution in [0.2, 0.25) is 0 Å². The van der Waals surface area contributed by atoms with Gasteiger partial charge < -0.3 is 5.32 Å². The van der Waals surface area contributed by atoms with Gasteiger partial charge in [0.05, 0.1) is 5.75 Å². The number of nitrogens with one attached hydrogen (secondary N) is 1. The van der Waals surface area contributed by atoms with Gasteiger partial charge in [-0.2, -0.15) is 11.8 Å². The van der Waals surface area contributed by atoms with Crippen molar-refractivity contribution in [1.82, 2.24) is 5.32 Å². The first-order valence-corrected chi connectivity index (χ1v) is 6.37. The van der Waals surface area contributed by atoms with Gasteiger partial charge in [0.2, 0.25) is 5.91 Å². The maximum Gasteiger partial charge on any atom is 0.230 e. The Kier molecular flexibility index (Phi) is 6.25. The van der Waals surface area contributed by atoms with Crippen LogP contribution in [0.3, 0.4) is 0 Å². The zero-order valence-electron chi connectivity index (χ0n) is 10.0. The molecule has 0 saturated heterocycles. The number of carbonyl (C=O) groups excluding carboxylic acids is 1. The third kappa shape index (κ3) is 8.42. The number of hydrogen-bond acceptors (Lipinski definition) is 2. The maximum atomic E-state index is 11.4. The molecule has 1 atom stereocenters. The molecule has 0 fully saturated rings. The summed E-state index contributed by atoms with van der Waals surface area (Å²) in [6, 6.07) is 0.303. The van der Waals surface area contributed by atoms with Crippen molar-refractivity contribution in [3.05, 3.63) is 0 Å². The third-order valence-electron chi connectivity index (χ3n) is 1.79. The molecule has 0 aliphatic carbocycles. The smallest absolute Gasteiger partial charge is 0.230 e. The van der Waals surface area contributed by atoms with Crippen LogP contribution in [-0.2, 0) is 4.79 Å². The Morgan fingerprint density at radius 2 is 2.00 bits per heavy atom. The molecule has 3 heteroatoms. The van der Waals surface area contributed by atoms with Crippen molar-refractivity contribution < 1.29 is 4.79 Å². The van der Waals surface area contributed by atoms with E-state index in [-0.39, 0.29) is 5.91 Å². The summed E-state index contributed by atoms with van der Waals surface area (Å²) >= 11 is 1.71. The first-order valence-electron chi connectivity index (χ1n) is 5.22. The first kappa shape index (κ1) is 13.8. The Hall–Kier alpha value is -0.180. The average Bonchev–Trinajstić information content (AvgIpc) is 2.01. The molecule has 0 saturated carbocycles. The second kappa shape index (κ2) is 6.33. The highest BCUT2D eigenvalue weighted by Gasteiger charge is 2.12. The minimum atomic E-state index is 0.161. The van der Waals surface area contributed by atoms with Crippen LogP contribution in [-0.4, -0.2) is 23.5 Å². The number of carbonyl (C=O) groups is 1. The fraction of sp³-hybridized carbons (Fsp3) is 0.909. The van der Waals surface area contributed by atoms with Crippen molar-refractivity contribution in [2.45, 2.75) is 47.1 Å². The molecule has 1 amide bonds. The molecule has 0 aromatic heterocycles. The summed E-state index contributed by atoms with van der Waals surface area (Å²) in [5.41, 5.74) is 0.307. The lowest BCUT2D eigenvalue weighted by molar-refractivity contribution is -0.119. The van der Waals surface area contributed by atoms with E-state index in [0.29, 0.717) is 17.2 Å². The summed E-state index contributed by atoms with van der Waals surface area (Å²) in [6.45, 7) is 10.7. The Bertz CT molecular complexity index is 175. The lowest BCUT2D eigenvalue weighted by Gasteiger charge is -2.17. The minimum Gasteiger partial charge on any atom is -0.353 e. The van der Waals surface area contributed by atoms with Gasteiger partial charge >= 0.3 is 0 Å². The molecule has 84 valence electrons. The summed E-state index contributed by atoms with van der Waals surface area (Å²) in [4.78, 5) is 11.4. The van der Waals surface area contributed by atoms with E-state index in [4.69, 9.17) is 0 Å². The summed E-state index contributed by atoms with van der Waals surface area (Å²) in [6.07, 6.45) is 0.996. The highest BCUT2D eigenvalue weighted by molar-refractivity contribution is 7.99. The van der Waals surface area contributed by atoms with Gasteiger partial charge in [0, 0.05) is 6.04 Å². The molecule has 0 aromatic carbocycles. The van der Waals surface area contributed by atoms with Crippen LogP contribution < -0.4 is 5.32 Å². The van der Waals surface area contributed by atoms with Gasteiger partial charge in [0.1, 0.15) is 0 Å². The van der Waals surface area contributed by atoms with Crippen LogP contribution in [0.1, 0.15) is 41.0 Å². The van der Waals surface area contributed by atoms with Crippen LogP contribution in [0.5, 0.6) is 0 Å². The lowest BCUT2D eigenvalue weighted by Crippen LogP contribution is -2.33. The predicted octanol–water partition coefficient (Wildman–Crippen LogP) is 2.68.